The van der Waals surface area contributed by atoms with E-state index in [0.717, 1.165) is 34.8 Å². The van der Waals surface area contributed by atoms with Crippen molar-refractivity contribution >= 4 is 8.07 Å². The third-order valence-corrected chi connectivity index (χ3v) is 17.1. The standard InChI is InChI=1S/C37H47NSi/c1-25-21-22-33-32(23-25)35-36(38(33)2)30-19-10-11-20-31(30)37(35)39(3,4)34-24-27(28-17-8-9-18-29(28)34)16-12-15-26-13-6-5-7-14-26/h5-11,13-14,17-23,27-37H,12,15-16,24H2,1-4H3. The third-order valence-electron chi connectivity index (χ3n) is 12.1. The Hall–Kier alpha value is -2.16. The number of likely N-dealkylation sites (N-methyl/N-ethyl adjacent to an activating group) is 1. The van der Waals surface area contributed by atoms with Gasteiger partial charge >= 0.3 is 0 Å². The van der Waals surface area contributed by atoms with Crippen LogP contribution in [0.3, 0.4) is 0 Å². The van der Waals surface area contributed by atoms with Crippen LogP contribution in [0.25, 0.3) is 0 Å². The zero-order valence-corrected chi connectivity index (χ0v) is 25.4. The van der Waals surface area contributed by atoms with E-state index in [4.69, 9.17) is 0 Å². The minimum absolute atomic E-state index is 0.579. The molecule has 5 aliphatic carbocycles. The van der Waals surface area contributed by atoms with Crippen molar-refractivity contribution in [1.82, 2.24) is 4.90 Å². The molecule has 7 rings (SSSR count). The molecule has 0 spiro atoms. The molecule has 0 bridgehead atoms. The molecule has 11 unspecified atom stereocenters. The quantitative estimate of drug-likeness (QED) is 0.331. The van der Waals surface area contributed by atoms with E-state index in [1.807, 2.05) is 0 Å². The monoisotopic (exact) mass is 533 g/mol. The van der Waals surface area contributed by atoms with Gasteiger partial charge in [0.1, 0.15) is 0 Å². The van der Waals surface area contributed by atoms with Gasteiger partial charge in [0.2, 0.25) is 0 Å². The molecule has 2 heteroatoms. The van der Waals surface area contributed by atoms with E-state index in [9.17, 15) is 0 Å². The molecule has 1 aromatic carbocycles. The van der Waals surface area contributed by atoms with Crippen LogP contribution in [0.5, 0.6) is 0 Å². The molecule has 1 nitrogen and oxygen atoms in total. The molecule has 6 aliphatic rings. The molecule has 204 valence electrons. The number of hydrogen-bond donors (Lipinski definition) is 0. The maximum atomic E-state index is 2.83. The molecular weight excluding hydrogens is 487 g/mol. The van der Waals surface area contributed by atoms with Crippen LogP contribution >= 0.6 is 0 Å². The van der Waals surface area contributed by atoms with Crippen LogP contribution in [0.1, 0.15) is 31.7 Å². The zero-order valence-electron chi connectivity index (χ0n) is 24.4. The maximum absolute atomic E-state index is 2.83. The minimum Gasteiger partial charge on any atom is -0.296 e. The van der Waals surface area contributed by atoms with Crippen molar-refractivity contribution < 1.29 is 0 Å². The summed E-state index contributed by atoms with van der Waals surface area (Å²) in [6.07, 6.45) is 32.9. The lowest BCUT2D eigenvalue weighted by Crippen LogP contribution is -2.46. The largest absolute Gasteiger partial charge is 0.296 e. The van der Waals surface area contributed by atoms with Crippen LogP contribution in [0.2, 0.25) is 24.2 Å². The predicted molar refractivity (Wildman–Crippen MR) is 168 cm³/mol. The number of fused-ring (bicyclic) bond motifs is 6. The Balaban J connectivity index is 1.19. The van der Waals surface area contributed by atoms with Gasteiger partial charge in [-0.1, -0.05) is 116 Å². The van der Waals surface area contributed by atoms with E-state index in [2.05, 4.69) is 129 Å². The summed E-state index contributed by atoms with van der Waals surface area (Å²) in [6.45, 7) is 7.97. The van der Waals surface area contributed by atoms with Gasteiger partial charge in [-0.05, 0) is 91.8 Å². The van der Waals surface area contributed by atoms with Crippen LogP contribution in [-0.2, 0) is 6.42 Å². The Morgan fingerprint density at radius 3 is 2.28 bits per heavy atom. The fraction of sp³-hybridized carbons (Fsp3) is 0.514. The van der Waals surface area contributed by atoms with Gasteiger partial charge in [0.15, 0.2) is 0 Å². The highest BCUT2D eigenvalue weighted by Crippen LogP contribution is 2.66. The van der Waals surface area contributed by atoms with Crippen molar-refractivity contribution in [1.29, 1.82) is 0 Å². The molecule has 1 aromatic rings. The molecule has 3 fully saturated rings. The molecule has 1 saturated heterocycles. The number of rotatable bonds is 6. The lowest BCUT2D eigenvalue weighted by atomic mass is 9.82. The first-order chi connectivity index (χ1) is 18.9. The molecule has 0 amide bonds. The molecular formula is C37H47NSi. The Bertz CT molecular complexity index is 1250. The molecule has 0 N–H and O–H groups in total. The van der Waals surface area contributed by atoms with E-state index < -0.39 is 8.07 Å². The summed E-state index contributed by atoms with van der Waals surface area (Å²) in [5, 5.41) is 0. The first-order valence-corrected chi connectivity index (χ1v) is 18.9. The summed E-state index contributed by atoms with van der Waals surface area (Å²) in [5.74, 6) is 5.18. The number of allylic oxidation sites excluding steroid dienone is 9. The van der Waals surface area contributed by atoms with Gasteiger partial charge in [-0.2, -0.15) is 0 Å². The molecule has 1 aliphatic heterocycles. The highest BCUT2D eigenvalue weighted by Gasteiger charge is 2.65. The first-order valence-electron chi connectivity index (χ1n) is 15.8. The highest BCUT2D eigenvalue weighted by molar-refractivity contribution is 6.80. The lowest BCUT2D eigenvalue weighted by molar-refractivity contribution is 0.219. The molecule has 11 atom stereocenters. The normalized spacial score (nSPS) is 41.8. The van der Waals surface area contributed by atoms with E-state index in [1.54, 1.807) is 0 Å². The second-order valence-corrected chi connectivity index (χ2v) is 19.3. The van der Waals surface area contributed by atoms with Crippen molar-refractivity contribution in [2.45, 2.75) is 68.9 Å². The van der Waals surface area contributed by atoms with E-state index in [1.165, 1.54) is 36.8 Å². The van der Waals surface area contributed by atoms with Crippen molar-refractivity contribution in [3.8, 4) is 0 Å². The second kappa shape index (κ2) is 10.0. The molecule has 0 aromatic heterocycles. The topological polar surface area (TPSA) is 3.24 Å². The van der Waals surface area contributed by atoms with Gasteiger partial charge in [-0.3, -0.25) is 4.90 Å². The van der Waals surface area contributed by atoms with Crippen molar-refractivity contribution in [3.05, 3.63) is 108 Å². The van der Waals surface area contributed by atoms with Crippen LogP contribution in [0.15, 0.2) is 103 Å². The van der Waals surface area contributed by atoms with Gasteiger partial charge < -0.3 is 0 Å². The Labute approximate surface area is 238 Å². The van der Waals surface area contributed by atoms with Gasteiger partial charge in [-0.15, -0.1) is 0 Å². The summed E-state index contributed by atoms with van der Waals surface area (Å²) >= 11 is 0. The van der Waals surface area contributed by atoms with Gasteiger partial charge in [0.25, 0.3) is 0 Å². The van der Waals surface area contributed by atoms with Gasteiger partial charge in [0, 0.05) is 18.0 Å². The van der Waals surface area contributed by atoms with Crippen LogP contribution in [0, 0.1) is 41.4 Å². The number of aryl methyl sites for hydroxylation is 1. The number of benzene rings is 1. The average Bonchev–Trinajstić information content (AvgIpc) is 3.58. The SMILES string of the molecule is CC1=CC2C3C(C4C=CC=CC4C3[Si](C)(C)C3CC(CCCc4ccccc4)C4C=CC=CC43)N(C)C2C=C1. The van der Waals surface area contributed by atoms with Crippen molar-refractivity contribution in [2.75, 3.05) is 7.05 Å². The second-order valence-electron chi connectivity index (χ2n) is 14.2. The van der Waals surface area contributed by atoms with Crippen molar-refractivity contribution in [2.24, 2.45) is 41.4 Å². The Morgan fingerprint density at radius 1 is 0.821 bits per heavy atom. The summed E-state index contributed by atoms with van der Waals surface area (Å²) in [6, 6.07) is 12.4. The Morgan fingerprint density at radius 2 is 1.51 bits per heavy atom. The Kier molecular flexibility index (Phi) is 6.63. The lowest BCUT2D eigenvalue weighted by Gasteiger charge is -2.45. The highest BCUT2D eigenvalue weighted by atomic mass is 28.3. The fourth-order valence-corrected chi connectivity index (χ4v) is 16.0. The first kappa shape index (κ1) is 25.8. The van der Waals surface area contributed by atoms with E-state index >= 15 is 0 Å². The molecule has 0 radical (unpaired) electrons. The molecule has 2 saturated carbocycles. The predicted octanol–water partition coefficient (Wildman–Crippen LogP) is 8.64. The third kappa shape index (κ3) is 4.20. The maximum Gasteiger partial charge on any atom is 0.0551 e. The van der Waals surface area contributed by atoms with E-state index in [-0.39, 0.29) is 0 Å². The van der Waals surface area contributed by atoms with Gasteiger partial charge in [-0.25, -0.2) is 0 Å². The number of likely N-dealkylation sites (tertiary alicyclic amines) is 1. The van der Waals surface area contributed by atoms with Crippen molar-refractivity contribution in [3.63, 3.8) is 0 Å². The molecule has 39 heavy (non-hydrogen) atoms. The van der Waals surface area contributed by atoms with Crippen LogP contribution < -0.4 is 0 Å². The summed E-state index contributed by atoms with van der Waals surface area (Å²) < 4.78 is 0. The van der Waals surface area contributed by atoms with Gasteiger partial charge in [0.05, 0.1) is 8.07 Å². The fourth-order valence-electron chi connectivity index (χ4n) is 10.6. The smallest absolute Gasteiger partial charge is 0.0551 e. The van der Waals surface area contributed by atoms with E-state index in [0.29, 0.717) is 29.8 Å². The zero-order chi connectivity index (χ0) is 26.7. The van der Waals surface area contributed by atoms with Crippen LogP contribution in [0.4, 0.5) is 0 Å². The molecule has 1 heterocycles. The summed E-state index contributed by atoms with van der Waals surface area (Å²) in [4.78, 5) is 2.79. The summed E-state index contributed by atoms with van der Waals surface area (Å²) in [7, 11) is 0.772. The average molecular weight is 534 g/mol. The number of hydrogen-bond acceptors (Lipinski definition) is 1. The number of nitrogens with zero attached hydrogens (tertiary/aromatic N) is 1. The summed E-state index contributed by atoms with van der Waals surface area (Å²) in [5.41, 5.74) is 4.70. The minimum atomic E-state index is -1.66. The van der Waals surface area contributed by atoms with Crippen LogP contribution in [-0.4, -0.2) is 32.1 Å².